The number of halogens is 4. The van der Waals surface area contributed by atoms with Crippen LogP contribution >= 0.6 is 0 Å². The molecule has 0 unspecified atom stereocenters. The molecular weight excluding hydrogens is 530 g/mol. The summed E-state index contributed by atoms with van der Waals surface area (Å²) in [6.45, 7) is 2.81. The van der Waals surface area contributed by atoms with E-state index >= 15 is 0 Å². The average molecular weight is 558 g/mol. The predicted octanol–water partition coefficient (Wildman–Crippen LogP) is 4.88. The van der Waals surface area contributed by atoms with Crippen molar-refractivity contribution in [3.63, 3.8) is 0 Å². The Labute approximate surface area is 227 Å². The van der Waals surface area contributed by atoms with Crippen molar-refractivity contribution in [1.82, 2.24) is 24.6 Å². The van der Waals surface area contributed by atoms with Crippen LogP contribution in [0.25, 0.3) is 22.0 Å². The summed E-state index contributed by atoms with van der Waals surface area (Å²) in [5.74, 6) is -0.0510. The van der Waals surface area contributed by atoms with E-state index in [1.807, 2.05) is 6.07 Å². The minimum Gasteiger partial charge on any atom is -0.330 e. The lowest BCUT2D eigenvalue weighted by molar-refractivity contribution is -0.135. The molecule has 1 amide bonds. The molecule has 0 N–H and O–H groups in total. The van der Waals surface area contributed by atoms with Crippen molar-refractivity contribution < 1.29 is 27.2 Å². The topological polar surface area (TPSA) is 106 Å². The van der Waals surface area contributed by atoms with Crippen LogP contribution in [0.15, 0.2) is 40.8 Å². The minimum absolute atomic E-state index is 0.0382. The molecule has 1 saturated heterocycles. The second-order valence-corrected chi connectivity index (χ2v) is 10.1. The smallest absolute Gasteiger partial charge is 0.330 e. The molecule has 2 aliphatic rings. The van der Waals surface area contributed by atoms with Crippen LogP contribution in [0.1, 0.15) is 55.3 Å². The Morgan fingerprint density at radius 2 is 1.85 bits per heavy atom. The Morgan fingerprint density at radius 1 is 1.10 bits per heavy atom. The fourth-order valence-electron chi connectivity index (χ4n) is 5.11. The molecule has 2 atom stereocenters. The molecule has 3 aromatic rings. The molecule has 13 heteroatoms. The van der Waals surface area contributed by atoms with E-state index in [1.165, 1.54) is 16.5 Å². The second kappa shape index (κ2) is 10.9. The van der Waals surface area contributed by atoms with Gasteiger partial charge in [0.1, 0.15) is 24.2 Å². The number of alkyl halides is 4. The number of rotatable bonds is 8. The fourth-order valence-corrected chi connectivity index (χ4v) is 5.11. The first-order chi connectivity index (χ1) is 19.0. The van der Waals surface area contributed by atoms with Crippen LogP contribution in [0.2, 0.25) is 0 Å². The van der Waals surface area contributed by atoms with Crippen molar-refractivity contribution in [2.75, 3.05) is 6.54 Å². The van der Waals surface area contributed by atoms with Gasteiger partial charge >= 0.3 is 6.18 Å². The number of hydrogen-bond acceptors (Lipinski definition) is 7. The Bertz CT molecular complexity index is 1510. The summed E-state index contributed by atoms with van der Waals surface area (Å²) >= 11 is 0. The van der Waals surface area contributed by atoms with Crippen LogP contribution in [0.4, 0.5) is 17.6 Å². The molecule has 0 aliphatic carbocycles. The largest absolute Gasteiger partial charge is 0.389 e. The summed E-state index contributed by atoms with van der Waals surface area (Å²) in [7, 11) is 0. The molecule has 2 aromatic heterocycles. The van der Waals surface area contributed by atoms with Crippen LogP contribution in [0, 0.1) is 6.92 Å². The summed E-state index contributed by atoms with van der Waals surface area (Å²) in [4.78, 5) is 35.6. The zero-order valence-electron chi connectivity index (χ0n) is 22.0. The zero-order valence-corrected chi connectivity index (χ0v) is 22.0. The number of carbonyl (C=O) groups is 2. The quantitative estimate of drug-likeness (QED) is 0.290. The Balaban J connectivity index is 1.33. The molecule has 40 heavy (non-hydrogen) atoms. The molecule has 0 bridgehead atoms. The molecule has 0 spiro atoms. The molecule has 5 rings (SSSR count). The number of likely N-dealkylation sites (tertiary alicyclic amines) is 1. The maximum absolute atomic E-state index is 14.5. The van der Waals surface area contributed by atoms with Gasteiger partial charge in [-0.2, -0.15) is 28.5 Å². The summed E-state index contributed by atoms with van der Waals surface area (Å²) in [5, 5.41) is 13.1. The number of carbonyl (C=O) groups excluding carboxylic acids is 2. The second-order valence-electron chi connectivity index (χ2n) is 10.1. The van der Waals surface area contributed by atoms with Gasteiger partial charge in [0.05, 0.1) is 23.8 Å². The number of ketones is 1. The first-order valence-electron chi connectivity index (χ1n) is 12.9. The maximum Gasteiger partial charge on any atom is 0.389 e. The number of aromatic nitrogens is 4. The molecule has 210 valence electrons. The summed E-state index contributed by atoms with van der Waals surface area (Å²) in [5.41, 5.74) is 3.28. The SMILES string of the molecule is CC(=O)c1nn(CC(=O)N2C[C@H](F)C[C@H]2C2=NN=C(CCCC(F)(F)F)C2)c2ccc(-c3cnc(C)nc3)cc12. The van der Waals surface area contributed by atoms with Gasteiger partial charge in [0, 0.05) is 55.2 Å². The third-order valence-electron chi connectivity index (χ3n) is 7.07. The van der Waals surface area contributed by atoms with Crippen molar-refractivity contribution >= 4 is 34.0 Å². The van der Waals surface area contributed by atoms with Gasteiger partial charge in [0.2, 0.25) is 5.91 Å². The third kappa shape index (κ3) is 5.92. The number of Topliss-reactive ketones (excluding diaryl/α,β-unsaturated/α-hetero) is 1. The van der Waals surface area contributed by atoms with E-state index in [4.69, 9.17) is 0 Å². The third-order valence-corrected chi connectivity index (χ3v) is 7.07. The van der Waals surface area contributed by atoms with Gasteiger partial charge in [-0.3, -0.25) is 14.3 Å². The lowest BCUT2D eigenvalue weighted by Gasteiger charge is -2.24. The highest BCUT2D eigenvalue weighted by Crippen LogP contribution is 2.29. The Kier molecular flexibility index (Phi) is 7.47. The molecule has 9 nitrogen and oxygen atoms in total. The monoisotopic (exact) mass is 557 g/mol. The number of nitrogens with zero attached hydrogens (tertiary/aromatic N) is 7. The van der Waals surface area contributed by atoms with Crippen molar-refractivity contribution in [3.05, 3.63) is 42.1 Å². The van der Waals surface area contributed by atoms with E-state index in [1.54, 1.807) is 31.5 Å². The van der Waals surface area contributed by atoms with Gasteiger partial charge in [-0.1, -0.05) is 6.07 Å². The molecule has 0 radical (unpaired) electrons. The molecule has 0 saturated carbocycles. The predicted molar refractivity (Wildman–Crippen MR) is 140 cm³/mol. The van der Waals surface area contributed by atoms with E-state index in [0.717, 1.165) is 11.1 Å². The van der Waals surface area contributed by atoms with E-state index in [-0.39, 0.29) is 50.2 Å². The maximum atomic E-state index is 14.5. The number of fused-ring (bicyclic) bond motifs is 1. The van der Waals surface area contributed by atoms with Gasteiger partial charge in [-0.25, -0.2) is 14.4 Å². The van der Waals surface area contributed by atoms with E-state index in [0.29, 0.717) is 28.2 Å². The summed E-state index contributed by atoms with van der Waals surface area (Å²) in [6, 6.07) is 4.74. The highest BCUT2D eigenvalue weighted by atomic mass is 19.4. The summed E-state index contributed by atoms with van der Waals surface area (Å²) < 4.78 is 53.4. The number of hydrogen-bond donors (Lipinski definition) is 0. The highest BCUT2D eigenvalue weighted by Gasteiger charge is 2.40. The van der Waals surface area contributed by atoms with Crippen LogP contribution in [0.3, 0.4) is 0 Å². The van der Waals surface area contributed by atoms with Crippen molar-refractivity contribution in [1.29, 1.82) is 0 Å². The summed E-state index contributed by atoms with van der Waals surface area (Å²) in [6.07, 6.45) is -2.78. The Morgan fingerprint density at radius 3 is 2.55 bits per heavy atom. The van der Waals surface area contributed by atoms with Gasteiger partial charge in [-0.15, -0.1) is 0 Å². The standard InChI is InChI=1S/C27H27F4N7O2/c1-15(39)26-21-8-17(18-11-32-16(2)33-12-18)5-6-23(21)38(36-26)14-25(40)37-13-19(28)9-24(37)22-10-20(34-35-22)4-3-7-27(29,30)31/h5-6,8,11-12,19,24H,3-4,7,9-10,13-14H2,1-2H3/t19-,24+/m1/s1. The molecule has 1 fully saturated rings. The normalized spacial score (nSPS) is 19.3. The number of benzene rings is 1. The van der Waals surface area contributed by atoms with Crippen LogP contribution < -0.4 is 0 Å². The molecule has 2 aliphatic heterocycles. The highest BCUT2D eigenvalue weighted by molar-refractivity contribution is 6.10. The van der Waals surface area contributed by atoms with Gasteiger partial charge in [0.25, 0.3) is 0 Å². The van der Waals surface area contributed by atoms with Crippen molar-refractivity contribution in [3.8, 4) is 11.1 Å². The Hall–Kier alpha value is -4.03. The number of aryl methyl sites for hydroxylation is 1. The van der Waals surface area contributed by atoms with Crippen LogP contribution in [-0.4, -0.2) is 72.7 Å². The lowest BCUT2D eigenvalue weighted by atomic mass is 10.0. The molecule has 1 aromatic carbocycles. The first-order valence-corrected chi connectivity index (χ1v) is 12.9. The first kappa shape index (κ1) is 27.5. The van der Waals surface area contributed by atoms with Gasteiger partial charge < -0.3 is 4.90 Å². The lowest BCUT2D eigenvalue weighted by Crippen LogP contribution is -2.42. The van der Waals surface area contributed by atoms with E-state index < -0.39 is 30.7 Å². The van der Waals surface area contributed by atoms with E-state index in [2.05, 4.69) is 25.3 Å². The van der Waals surface area contributed by atoms with Gasteiger partial charge in [0.15, 0.2) is 5.78 Å². The molecule has 4 heterocycles. The van der Waals surface area contributed by atoms with Crippen molar-refractivity contribution in [2.45, 2.75) is 70.9 Å². The minimum atomic E-state index is -4.24. The van der Waals surface area contributed by atoms with Gasteiger partial charge in [-0.05, 0) is 37.5 Å². The zero-order chi connectivity index (χ0) is 28.6. The number of amides is 1. The van der Waals surface area contributed by atoms with E-state index in [9.17, 15) is 27.2 Å². The fraction of sp³-hybridized carbons (Fsp3) is 0.444. The average Bonchev–Trinajstić information content (AvgIpc) is 3.61. The van der Waals surface area contributed by atoms with Crippen LogP contribution in [-0.2, 0) is 11.3 Å². The van der Waals surface area contributed by atoms with Crippen molar-refractivity contribution in [2.24, 2.45) is 10.2 Å². The van der Waals surface area contributed by atoms with Crippen LogP contribution in [0.5, 0.6) is 0 Å². The molecular formula is C27H27F4N7O2.